The second-order valence-corrected chi connectivity index (χ2v) is 7.81. The predicted octanol–water partition coefficient (Wildman–Crippen LogP) is 3.86. The van der Waals surface area contributed by atoms with Gasteiger partial charge < -0.3 is 5.32 Å². The quantitative estimate of drug-likeness (QED) is 0.793. The molecule has 1 heterocycles. The molecule has 6 nitrogen and oxygen atoms in total. The maximum absolute atomic E-state index is 12.5. The molecular formula is C18H25N5OS. The van der Waals surface area contributed by atoms with Crippen molar-refractivity contribution in [3.05, 3.63) is 29.8 Å². The number of nitrogens with one attached hydrogen (secondary N) is 1. The van der Waals surface area contributed by atoms with Crippen LogP contribution in [-0.4, -0.2) is 31.4 Å². The van der Waals surface area contributed by atoms with Crippen LogP contribution in [0.2, 0.25) is 0 Å². The van der Waals surface area contributed by atoms with Crippen molar-refractivity contribution >= 4 is 23.4 Å². The largest absolute Gasteiger partial charge is 0.325 e. The van der Waals surface area contributed by atoms with Crippen molar-refractivity contribution < 1.29 is 4.79 Å². The first-order valence-corrected chi connectivity index (χ1v) is 9.89. The molecule has 0 saturated heterocycles. The van der Waals surface area contributed by atoms with Crippen molar-refractivity contribution in [2.24, 2.45) is 0 Å². The van der Waals surface area contributed by atoms with Crippen molar-refractivity contribution in [2.75, 3.05) is 5.32 Å². The van der Waals surface area contributed by atoms with Crippen LogP contribution in [0, 0.1) is 0 Å². The van der Waals surface area contributed by atoms with E-state index in [9.17, 15) is 4.79 Å². The van der Waals surface area contributed by atoms with Gasteiger partial charge in [-0.05, 0) is 54.3 Å². The third-order valence-electron chi connectivity index (χ3n) is 4.66. The summed E-state index contributed by atoms with van der Waals surface area (Å²) in [6, 6.07) is 8.33. The molecule has 1 amide bonds. The Morgan fingerprint density at radius 1 is 1.28 bits per heavy atom. The molecule has 0 spiro atoms. The minimum Gasteiger partial charge on any atom is -0.325 e. The monoisotopic (exact) mass is 359 g/mol. The van der Waals surface area contributed by atoms with Gasteiger partial charge in [0.2, 0.25) is 11.1 Å². The zero-order valence-electron chi connectivity index (χ0n) is 14.8. The Kier molecular flexibility index (Phi) is 6.07. The average Bonchev–Trinajstić information content (AvgIpc) is 3.11. The first kappa shape index (κ1) is 17.9. The minimum absolute atomic E-state index is 0.0348. The van der Waals surface area contributed by atoms with Gasteiger partial charge in [0, 0.05) is 5.69 Å². The number of tetrazole rings is 1. The molecule has 1 saturated carbocycles. The van der Waals surface area contributed by atoms with Gasteiger partial charge in [-0.1, -0.05) is 50.1 Å². The van der Waals surface area contributed by atoms with E-state index in [2.05, 4.69) is 27.8 Å². The van der Waals surface area contributed by atoms with E-state index < -0.39 is 0 Å². The molecule has 1 unspecified atom stereocenters. The smallest absolute Gasteiger partial charge is 0.237 e. The standard InChI is InChI=1S/C18H25N5OS/c1-3-14-9-11-15(12-10-14)19-17(24)13(2)25-18-20-21-22-23(18)16-7-5-4-6-8-16/h9-13,16H,3-8H2,1-2H3,(H,19,24). The van der Waals surface area contributed by atoms with Gasteiger partial charge in [0.15, 0.2) is 0 Å². The van der Waals surface area contributed by atoms with Gasteiger partial charge in [-0.2, -0.15) is 0 Å². The number of benzene rings is 1. The summed E-state index contributed by atoms with van der Waals surface area (Å²) in [5, 5.41) is 15.5. The molecular weight excluding hydrogens is 334 g/mol. The van der Waals surface area contributed by atoms with Crippen molar-refractivity contribution in [3.8, 4) is 0 Å². The number of rotatable bonds is 6. The molecule has 1 atom stereocenters. The Hall–Kier alpha value is -1.89. The van der Waals surface area contributed by atoms with Crippen LogP contribution in [0.1, 0.15) is 57.6 Å². The second kappa shape index (κ2) is 8.47. The molecule has 0 bridgehead atoms. The number of anilines is 1. The first-order chi connectivity index (χ1) is 12.2. The Morgan fingerprint density at radius 3 is 2.68 bits per heavy atom. The molecule has 1 aliphatic rings. The van der Waals surface area contributed by atoms with Gasteiger partial charge in [-0.3, -0.25) is 4.79 Å². The van der Waals surface area contributed by atoms with Crippen molar-refractivity contribution in [1.82, 2.24) is 20.2 Å². The Labute approximate surface area is 152 Å². The summed E-state index contributed by atoms with van der Waals surface area (Å²) in [6.45, 7) is 4.00. The molecule has 1 aromatic carbocycles. The van der Waals surface area contributed by atoms with Crippen LogP contribution in [-0.2, 0) is 11.2 Å². The van der Waals surface area contributed by atoms with Crippen LogP contribution in [0.5, 0.6) is 0 Å². The maximum atomic E-state index is 12.5. The van der Waals surface area contributed by atoms with Crippen LogP contribution in [0.3, 0.4) is 0 Å². The number of carbonyl (C=O) groups is 1. The molecule has 0 radical (unpaired) electrons. The number of carbonyl (C=O) groups excluding carboxylic acids is 1. The number of aromatic nitrogens is 4. The summed E-state index contributed by atoms with van der Waals surface area (Å²) in [7, 11) is 0. The van der Waals surface area contributed by atoms with E-state index >= 15 is 0 Å². The summed E-state index contributed by atoms with van der Waals surface area (Å²) < 4.78 is 1.91. The van der Waals surface area contributed by atoms with E-state index in [-0.39, 0.29) is 11.2 Å². The van der Waals surface area contributed by atoms with Gasteiger partial charge >= 0.3 is 0 Å². The minimum atomic E-state index is -0.265. The van der Waals surface area contributed by atoms with E-state index in [1.165, 1.54) is 36.6 Å². The van der Waals surface area contributed by atoms with Gasteiger partial charge in [0.1, 0.15) is 0 Å². The Bertz CT molecular complexity index is 694. The third kappa shape index (κ3) is 4.60. The molecule has 25 heavy (non-hydrogen) atoms. The fraction of sp³-hybridized carbons (Fsp3) is 0.556. The molecule has 1 fully saturated rings. The molecule has 2 aromatic rings. The lowest BCUT2D eigenvalue weighted by atomic mass is 9.96. The third-order valence-corrected chi connectivity index (χ3v) is 5.71. The van der Waals surface area contributed by atoms with E-state index in [1.54, 1.807) is 0 Å². The second-order valence-electron chi connectivity index (χ2n) is 6.50. The number of thioether (sulfide) groups is 1. The summed E-state index contributed by atoms with van der Waals surface area (Å²) in [5.41, 5.74) is 2.08. The van der Waals surface area contributed by atoms with Crippen LogP contribution in [0.15, 0.2) is 29.4 Å². The predicted molar refractivity (Wildman–Crippen MR) is 99.7 cm³/mol. The van der Waals surface area contributed by atoms with Gasteiger partial charge in [-0.15, -0.1) is 5.10 Å². The lowest BCUT2D eigenvalue weighted by molar-refractivity contribution is -0.115. The zero-order valence-corrected chi connectivity index (χ0v) is 15.6. The van der Waals surface area contributed by atoms with Crippen LogP contribution < -0.4 is 5.32 Å². The normalized spacial score (nSPS) is 16.6. The van der Waals surface area contributed by atoms with Crippen molar-refractivity contribution in [2.45, 2.75) is 68.8 Å². The fourth-order valence-corrected chi connectivity index (χ4v) is 3.96. The summed E-state index contributed by atoms with van der Waals surface area (Å²) in [4.78, 5) is 12.5. The first-order valence-electron chi connectivity index (χ1n) is 9.01. The average molecular weight is 359 g/mol. The SMILES string of the molecule is CCc1ccc(NC(=O)C(C)Sc2nnnn2C2CCCCC2)cc1. The van der Waals surface area contributed by atoms with E-state index in [0.717, 1.165) is 30.1 Å². The number of nitrogens with zero attached hydrogens (tertiary/aromatic N) is 4. The highest BCUT2D eigenvalue weighted by atomic mass is 32.2. The summed E-state index contributed by atoms with van der Waals surface area (Å²) in [5.74, 6) is -0.0348. The molecule has 1 aliphatic carbocycles. The summed E-state index contributed by atoms with van der Waals surface area (Å²) in [6.07, 6.45) is 6.95. The number of amides is 1. The fourth-order valence-electron chi connectivity index (χ4n) is 3.10. The Balaban J connectivity index is 1.60. The van der Waals surface area contributed by atoms with Crippen LogP contribution in [0.4, 0.5) is 5.69 Å². The van der Waals surface area contributed by atoms with Crippen LogP contribution >= 0.6 is 11.8 Å². The highest BCUT2D eigenvalue weighted by molar-refractivity contribution is 8.00. The lowest BCUT2D eigenvalue weighted by Crippen LogP contribution is -2.23. The highest BCUT2D eigenvalue weighted by Crippen LogP contribution is 2.31. The number of hydrogen-bond donors (Lipinski definition) is 1. The zero-order chi connectivity index (χ0) is 17.6. The van der Waals surface area contributed by atoms with E-state index in [1.807, 2.05) is 35.9 Å². The molecule has 0 aliphatic heterocycles. The van der Waals surface area contributed by atoms with Gasteiger partial charge in [-0.25, -0.2) is 4.68 Å². The van der Waals surface area contributed by atoms with Crippen molar-refractivity contribution in [1.29, 1.82) is 0 Å². The molecule has 134 valence electrons. The van der Waals surface area contributed by atoms with Gasteiger partial charge in [0.05, 0.1) is 11.3 Å². The number of hydrogen-bond acceptors (Lipinski definition) is 5. The molecule has 1 N–H and O–H groups in total. The topological polar surface area (TPSA) is 72.7 Å². The maximum Gasteiger partial charge on any atom is 0.237 e. The highest BCUT2D eigenvalue weighted by Gasteiger charge is 2.23. The van der Waals surface area contributed by atoms with Crippen molar-refractivity contribution in [3.63, 3.8) is 0 Å². The molecule has 7 heteroatoms. The van der Waals surface area contributed by atoms with Crippen LogP contribution in [0.25, 0.3) is 0 Å². The summed E-state index contributed by atoms with van der Waals surface area (Å²) >= 11 is 1.42. The molecule has 1 aromatic heterocycles. The van der Waals surface area contributed by atoms with Gasteiger partial charge in [0.25, 0.3) is 0 Å². The van der Waals surface area contributed by atoms with E-state index in [0.29, 0.717) is 6.04 Å². The molecule has 3 rings (SSSR count). The Morgan fingerprint density at radius 2 is 2.00 bits per heavy atom. The lowest BCUT2D eigenvalue weighted by Gasteiger charge is -2.22. The number of aryl methyl sites for hydroxylation is 1. The van der Waals surface area contributed by atoms with E-state index in [4.69, 9.17) is 0 Å².